The minimum Gasteiger partial charge on any atom is -0.464 e. The average Bonchev–Trinajstić information content (AvgIpc) is 3.36. The molecule has 0 saturated carbocycles. The van der Waals surface area contributed by atoms with Crippen LogP contribution in [0.2, 0.25) is 0 Å². The number of halogens is 3. The van der Waals surface area contributed by atoms with E-state index >= 15 is 0 Å². The lowest BCUT2D eigenvalue weighted by Gasteiger charge is -2.32. The number of ether oxygens (including phenoxy) is 1. The number of carbonyl (C=O) groups is 1. The number of fused-ring (bicyclic) bond motifs is 1. The highest BCUT2D eigenvalue weighted by Crippen LogP contribution is 2.30. The van der Waals surface area contributed by atoms with Crippen molar-refractivity contribution in [3.05, 3.63) is 84.6 Å². The number of nitrogens with zero attached hydrogens (tertiary/aromatic N) is 1. The molecule has 1 aliphatic heterocycles. The zero-order valence-electron chi connectivity index (χ0n) is 19.4. The van der Waals surface area contributed by atoms with Gasteiger partial charge in [0, 0.05) is 24.0 Å². The predicted octanol–water partition coefficient (Wildman–Crippen LogP) is 6.08. The van der Waals surface area contributed by atoms with E-state index in [-0.39, 0.29) is 16.6 Å². The molecule has 0 N–H and O–H groups in total. The fourth-order valence-electron chi connectivity index (χ4n) is 4.53. The van der Waals surface area contributed by atoms with E-state index in [1.807, 2.05) is 0 Å². The Morgan fingerprint density at radius 1 is 0.892 bits per heavy atom. The van der Waals surface area contributed by atoms with Gasteiger partial charge in [-0.3, -0.25) is 4.79 Å². The monoisotopic (exact) mass is 529 g/mol. The summed E-state index contributed by atoms with van der Waals surface area (Å²) in [5, 5.41) is 0.217. The quantitative estimate of drug-likeness (QED) is 0.313. The molecule has 4 aromatic rings. The number of rotatable bonds is 5. The lowest BCUT2D eigenvalue weighted by Crippen LogP contribution is -2.42. The molecular weight excluding hydrogens is 507 g/mol. The Hall–Kier alpha value is -3.79. The first-order chi connectivity index (χ1) is 17.6. The van der Waals surface area contributed by atoms with Gasteiger partial charge in [-0.2, -0.15) is 0 Å². The zero-order chi connectivity index (χ0) is 26.2. The van der Waals surface area contributed by atoms with Crippen molar-refractivity contribution in [1.82, 2.24) is 4.90 Å². The Kier molecular flexibility index (Phi) is 6.45. The van der Waals surface area contributed by atoms with Gasteiger partial charge in [0.15, 0.2) is 9.84 Å². The Morgan fingerprint density at radius 2 is 1.51 bits per heavy atom. The fraction of sp³-hybridized carbons (Fsp3) is 0.222. The Bertz CT molecular complexity index is 1520. The third kappa shape index (κ3) is 5.34. The van der Waals surface area contributed by atoms with E-state index in [2.05, 4.69) is 4.74 Å². The maximum Gasteiger partial charge on any atom is 0.573 e. The number of piperidine rings is 1. The van der Waals surface area contributed by atoms with Crippen molar-refractivity contribution in [1.29, 1.82) is 0 Å². The second-order valence-corrected chi connectivity index (χ2v) is 11.0. The van der Waals surface area contributed by atoms with Crippen LogP contribution in [0.15, 0.2) is 88.4 Å². The third-order valence-electron chi connectivity index (χ3n) is 6.47. The molecule has 10 heteroatoms. The summed E-state index contributed by atoms with van der Waals surface area (Å²) in [6.45, 7) is 0.660. The number of carbonyl (C=O) groups excluding carboxylic acids is 1. The minimum atomic E-state index is -4.77. The van der Waals surface area contributed by atoms with Gasteiger partial charge in [0.1, 0.15) is 11.3 Å². The molecule has 5 rings (SSSR count). The Labute approximate surface area is 211 Å². The van der Waals surface area contributed by atoms with Crippen LogP contribution in [-0.4, -0.2) is 43.9 Å². The number of likely N-dealkylation sites (tertiary alicyclic amines) is 1. The molecule has 192 valence electrons. The highest BCUT2D eigenvalue weighted by molar-refractivity contribution is 7.92. The molecule has 0 bridgehead atoms. The van der Waals surface area contributed by atoms with Crippen LogP contribution in [0.25, 0.3) is 22.1 Å². The zero-order valence-corrected chi connectivity index (χ0v) is 20.3. The summed E-state index contributed by atoms with van der Waals surface area (Å²) < 4.78 is 72.7. The average molecular weight is 530 g/mol. The Balaban J connectivity index is 1.23. The number of furan rings is 1. The fourth-order valence-corrected chi connectivity index (χ4v) is 6.26. The second-order valence-electron chi connectivity index (χ2n) is 8.81. The van der Waals surface area contributed by atoms with E-state index in [1.165, 1.54) is 36.4 Å². The van der Waals surface area contributed by atoms with Gasteiger partial charge in [0.25, 0.3) is 5.91 Å². The van der Waals surface area contributed by atoms with E-state index < -0.39 is 21.4 Å². The summed E-state index contributed by atoms with van der Waals surface area (Å²) in [7, 11) is -3.62. The first kappa shape index (κ1) is 24.9. The van der Waals surface area contributed by atoms with Gasteiger partial charge in [0.05, 0.1) is 16.4 Å². The topological polar surface area (TPSA) is 76.8 Å². The van der Waals surface area contributed by atoms with Gasteiger partial charge in [-0.25, -0.2) is 8.42 Å². The van der Waals surface area contributed by atoms with E-state index in [1.54, 1.807) is 47.6 Å². The first-order valence-corrected chi connectivity index (χ1v) is 13.1. The lowest BCUT2D eigenvalue weighted by atomic mass is 10.1. The molecule has 0 aliphatic carbocycles. The molecule has 1 aliphatic rings. The lowest BCUT2D eigenvalue weighted by molar-refractivity contribution is -0.274. The van der Waals surface area contributed by atoms with Crippen molar-refractivity contribution in [2.45, 2.75) is 29.3 Å². The maximum absolute atomic E-state index is 13.2. The molecule has 1 aromatic heterocycles. The van der Waals surface area contributed by atoms with Crippen LogP contribution >= 0.6 is 0 Å². The second kappa shape index (κ2) is 9.59. The summed E-state index contributed by atoms with van der Waals surface area (Å²) in [5.41, 5.74) is 2.51. The van der Waals surface area contributed by atoms with Crippen LogP contribution in [0.1, 0.15) is 23.2 Å². The van der Waals surface area contributed by atoms with Crippen LogP contribution in [0.3, 0.4) is 0 Å². The van der Waals surface area contributed by atoms with Crippen molar-refractivity contribution in [3.8, 4) is 16.9 Å². The maximum atomic E-state index is 13.2. The summed E-state index contributed by atoms with van der Waals surface area (Å²) >= 11 is 0. The summed E-state index contributed by atoms with van der Waals surface area (Å²) in [6.07, 6.45) is -2.56. The van der Waals surface area contributed by atoms with Crippen LogP contribution < -0.4 is 4.74 Å². The van der Waals surface area contributed by atoms with E-state index in [0.29, 0.717) is 48.2 Å². The van der Waals surface area contributed by atoms with Crippen molar-refractivity contribution in [3.63, 3.8) is 0 Å². The van der Waals surface area contributed by atoms with Gasteiger partial charge >= 0.3 is 6.36 Å². The van der Waals surface area contributed by atoms with Gasteiger partial charge in [0.2, 0.25) is 0 Å². The van der Waals surface area contributed by atoms with Gasteiger partial charge in [-0.05, 0) is 72.5 Å². The highest BCUT2D eigenvalue weighted by Gasteiger charge is 2.33. The number of sulfone groups is 1. The molecule has 1 saturated heterocycles. The molecule has 37 heavy (non-hydrogen) atoms. The summed E-state index contributed by atoms with van der Waals surface area (Å²) in [6, 6.07) is 18.6. The molecule has 3 aromatic carbocycles. The molecule has 6 nitrogen and oxygen atoms in total. The molecule has 0 spiro atoms. The van der Waals surface area contributed by atoms with Crippen molar-refractivity contribution < 1.29 is 35.5 Å². The smallest absolute Gasteiger partial charge is 0.464 e. The Morgan fingerprint density at radius 3 is 2.14 bits per heavy atom. The number of hydrogen-bond donors (Lipinski definition) is 0. The number of hydrogen-bond acceptors (Lipinski definition) is 5. The molecule has 1 fully saturated rings. The van der Waals surface area contributed by atoms with E-state index in [9.17, 15) is 26.4 Å². The van der Waals surface area contributed by atoms with E-state index in [0.717, 1.165) is 5.39 Å². The number of amides is 1. The largest absolute Gasteiger partial charge is 0.573 e. The highest BCUT2D eigenvalue weighted by atomic mass is 32.2. The minimum absolute atomic E-state index is 0.144. The normalized spacial score (nSPS) is 15.2. The molecule has 0 radical (unpaired) electrons. The van der Waals surface area contributed by atoms with Crippen molar-refractivity contribution in [2.24, 2.45) is 0 Å². The molecule has 0 unspecified atom stereocenters. The molecular formula is C27H22F3NO5S. The van der Waals surface area contributed by atoms with E-state index in [4.69, 9.17) is 4.42 Å². The predicted molar refractivity (Wildman–Crippen MR) is 131 cm³/mol. The summed E-state index contributed by atoms with van der Waals surface area (Å²) in [4.78, 5) is 14.8. The van der Waals surface area contributed by atoms with Crippen LogP contribution in [0, 0.1) is 0 Å². The standard InChI is InChI=1S/C27H22F3NO5S/c28-27(29,30)36-22-6-1-18(2-7-22)19-3-8-23(9-4-19)37(33,34)24-11-14-31(15-12-24)26(32)21-5-10-25-20(17-21)13-16-35-25/h1-10,13,16-17,24H,11-12,14-15H2. The molecule has 2 heterocycles. The summed E-state index contributed by atoms with van der Waals surface area (Å²) in [5.74, 6) is -0.475. The van der Waals surface area contributed by atoms with Crippen molar-refractivity contribution >= 4 is 26.7 Å². The molecule has 0 atom stereocenters. The molecule has 1 amide bonds. The first-order valence-electron chi connectivity index (χ1n) is 11.6. The SMILES string of the molecule is O=C(c1ccc2occc2c1)N1CCC(S(=O)(=O)c2ccc(-c3ccc(OC(F)(F)F)cc3)cc2)CC1. The van der Waals surface area contributed by atoms with Gasteiger partial charge < -0.3 is 14.1 Å². The van der Waals surface area contributed by atoms with Crippen LogP contribution in [-0.2, 0) is 9.84 Å². The van der Waals surface area contributed by atoms with Gasteiger partial charge in [-0.1, -0.05) is 24.3 Å². The van der Waals surface area contributed by atoms with Crippen molar-refractivity contribution in [2.75, 3.05) is 13.1 Å². The number of benzene rings is 3. The third-order valence-corrected chi connectivity index (χ3v) is 8.75. The van der Waals surface area contributed by atoms with Crippen LogP contribution in [0.4, 0.5) is 13.2 Å². The van der Waals surface area contributed by atoms with Gasteiger partial charge in [-0.15, -0.1) is 13.2 Å². The number of alkyl halides is 3. The van der Waals surface area contributed by atoms with Crippen LogP contribution in [0.5, 0.6) is 5.75 Å².